The van der Waals surface area contributed by atoms with Gasteiger partial charge in [-0.2, -0.15) is 0 Å². The molecule has 0 aliphatic carbocycles. The van der Waals surface area contributed by atoms with Crippen LogP contribution < -0.4 is 15.2 Å². The van der Waals surface area contributed by atoms with E-state index < -0.39 is 0 Å². The minimum Gasteiger partial charge on any atom is -0.497 e. The van der Waals surface area contributed by atoms with Gasteiger partial charge in [-0.25, -0.2) is 4.98 Å². The summed E-state index contributed by atoms with van der Waals surface area (Å²) in [6.45, 7) is 0. The molecule has 0 radical (unpaired) electrons. The molecule has 1 aromatic carbocycles. The number of rotatable bonds is 4. The molecule has 0 atom stereocenters. The van der Waals surface area contributed by atoms with Crippen LogP contribution in [0.4, 0.5) is 0 Å². The normalized spacial score (nSPS) is 9.83. The topological polar surface area (TPSA) is 81.2 Å². The van der Waals surface area contributed by atoms with Crippen molar-refractivity contribution in [1.82, 2.24) is 4.98 Å². The number of aromatic nitrogens is 1. The van der Waals surface area contributed by atoms with E-state index in [2.05, 4.69) is 4.98 Å². The van der Waals surface area contributed by atoms with Gasteiger partial charge >= 0.3 is 0 Å². The molecule has 18 heavy (non-hydrogen) atoms. The fraction of sp³-hybridized carbons (Fsp3) is 0.0769. The standard InChI is InChI=1S/C13H13N3O2/c1-17-9-5-7-10(8-6-9)18-12-4-2-3-11(16-12)13(14)15/h2-8H,1H3,(H3,14,15). The van der Waals surface area contributed by atoms with Crippen LogP contribution in [-0.2, 0) is 0 Å². The van der Waals surface area contributed by atoms with E-state index in [4.69, 9.17) is 20.6 Å². The Morgan fingerprint density at radius 1 is 1.11 bits per heavy atom. The lowest BCUT2D eigenvalue weighted by atomic mass is 10.3. The first-order chi connectivity index (χ1) is 8.69. The summed E-state index contributed by atoms with van der Waals surface area (Å²) in [6, 6.07) is 12.2. The van der Waals surface area contributed by atoms with E-state index in [1.54, 1.807) is 49.6 Å². The monoisotopic (exact) mass is 243 g/mol. The maximum absolute atomic E-state index is 7.31. The van der Waals surface area contributed by atoms with E-state index >= 15 is 0 Å². The highest BCUT2D eigenvalue weighted by atomic mass is 16.5. The first-order valence-electron chi connectivity index (χ1n) is 5.32. The van der Waals surface area contributed by atoms with Crippen LogP contribution in [0.15, 0.2) is 42.5 Å². The minimum absolute atomic E-state index is 0.0878. The van der Waals surface area contributed by atoms with E-state index in [-0.39, 0.29) is 5.84 Å². The molecule has 0 spiro atoms. The molecule has 0 fully saturated rings. The molecular weight excluding hydrogens is 230 g/mol. The third kappa shape index (κ3) is 2.76. The van der Waals surface area contributed by atoms with E-state index in [1.165, 1.54) is 0 Å². The van der Waals surface area contributed by atoms with Crippen LogP contribution in [0.1, 0.15) is 5.69 Å². The number of methoxy groups -OCH3 is 1. The number of hydrogen-bond acceptors (Lipinski definition) is 4. The summed E-state index contributed by atoms with van der Waals surface area (Å²) < 4.78 is 10.6. The van der Waals surface area contributed by atoms with Crippen molar-refractivity contribution in [3.8, 4) is 17.4 Å². The Bertz CT molecular complexity index is 552. The van der Waals surface area contributed by atoms with Gasteiger partial charge in [0.25, 0.3) is 0 Å². The van der Waals surface area contributed by atoms with Crippen molar-refractivity contribution < 1.29 is 9.47 Å². The zero-order valence-corrected chi connectivity index (χ0v) is 9.88. The van der Waals surface area contributed by atoms with Crippen molar-refractivity contribution >= 4 is 5.84 Å². The highest BCUT2D eigenvalue weighted by Crippen LogP contribution is 2.22. The Labute approximate surface area is 105 Å². The molecule has 0 aliphatic rings. The summed E-state index contributed by atoms with van der Waals surface area (Å²) in [5, 5.41) is 7.31. The van der Waals surface area contributed by atoms with Crippen LogP contribution in [0.3, 0.4) is 0 Å². The lowest BCUT2D eigenvalue weighted by Crippen LogP contribution is -2.13. The van der Waals surface area contributed by atoms with Gasteiger partial charge in [-0.05, 0) is 30.3 Å². The van der Waals surface area contributed by atoms with Crippen LogP contribution in [0.5, 0.6) is 17.4 Å². The molecule has 5 heteroatoms. The lowest BCUT2D eigenvalue weighted by molar-refractivity contribution is 0.412. The summed E-state index contributed by atoms with van der Waals surface area (Å²) >= 11 is 0. The zero-order valence-electron chi connectivity index (χ0n) is 9.88. The third-order valence-electron chi connectivity index (χ3n) is 2.28. The molecule has 2 rings (SSSR count). The number of nitrogens with zero attached hydrogens (tertiary/aromatic N) is 1. The predicted molar refractivity (Wildman–Crippen MR) is 68.3 cm³/mol. The first-order valence-corrected chi connectivity index (χ1v) is 5.32. The second-order valence-corrected chi connectivity index (χ2v) is 3.55. The van der Waals surface area contributed by atoms with Gasteiger partial charge in [0.1, 0.15) is 23.0 Å². The molecule has 1 heterocycles. The first kappa shape index (κ1) is 11.9. The van der Waals surface area contributed by atoms with Crippen LogP contribution in [0.2, 0.25) is 0 Å². The number of pyridine rings is 1. The number of amidine groups is 1. The van der Waals surface area contributed by atoms with Crippen LogP contribution in [-0.4, -0.2) is 17.9 Å². The fourth-order valence-corrected chi connectivity index (χ4v) is 1.39. The summed E-state index contributed by atoms with van der Waals surface area (Å²) in [5.74, 6) is 1.71. The largest absolute Gasteiger partial charge is 0.497 e. The summed E-state index contributed by atoms with van der Waals surface area (Å²) in [6.07, 6.45) is 0. The van der Waals surface area contributed by atoms with E-state index in [0.29, 0.717) is 17.3 Å². The molecule has 0 saturated carbocycles. The van der Waals surface area contributed by atoms with Gasteiger partial charge in [0.15, 0.2) is 0 Å². The second kappa shape index (κ2) is 5.18. The van der Waals surface area contributed by atoms with Crippen LogP contribution >= 0.6 is 0 Å². The number of ether oxygens (including phenoxy) is 2. The highest BCUT2D eigenvalue weighted by Gasteiger charge is 2.02. The summed E-state index contributed by atoms with van der Waals surface area (Å²) in [5.41, 5.74) is 5.75. The molecular formula is C13H13N3O2. The van der Waals surface area contributed by atoms with Gasteiger partial charge in [0.05, 0.1) is 7.11 Å². The fourth-order valence-electron chi connectivity index (χ4n) is 1.39. The Hall–Kier alpha value is -2.56. The van der Waals surface area contributed by atoms with Gasteiger partial charge in [0.2, 0.25) is 5.88 Å². The smallest absolute Gasteiger partial charge is 0.219 e. The quantitative estimate of drug-likeness (QED) is 0.637. The maximum atomic E-state index is 7.31. The third-order valence-corrected chi connectivity index (χ3v) is 2.28. The van der Waals surface area contributed by atoms with Gasteiger partial charge in [0, 0.05) is 6.07 Å². The van der Waals surface area contributed by atoms with Crippen molar-refractivity contribution in [3.05, 3.63) is 48.2 Å². The average Bonchev–Trinajstić information content (AvgIpc) is 2.40. The van der Waals surface area contributed by atoms with Crippen molar-refractivity contribution in [1.29, 1.82) is 5.41 Å². The number of hydrogen-bond donors (Lipinski definition) is 2. The van der Waals surface area contributed by atoms with Crippen molar-refractivity contribution in [2.75, 3.05) is 7.11 Å². The number of nitrogens with one attached hydrogen (secondary N) is 1. The SMILES string of the molecule is COc1ccc(Oc2cccc(C(=N)N)n2)cc1. The van der Waals surface area contributed by atoms with Crippen LogP contribution in [0, 0.1) is 5.41 Å². The van der Waals surface area contributed by atoms with Crippen molar-refractivity contribution in [2.45, 2.75) is 0 Å². The van der Waals surface area contributed by atoms with Gasteiger partial charge in [-0.1, -0.05) is 6.07 Å². The van der Waals surface area contributed by atoms with E-state index in [0.717, 1.165) is 5.75 Å². The average molecular weight is 243 g/mol. The molecule has 5 nitrogen and oxygen atoms in total. The molecule has 1 aromatic heterocycles. The maximum Gasteiger partial charge on any atom is 0.219 e. The molecule has 0 saturated heterocycles. The van der Waals surface area contributed by atoms with Crippen LogP contribution in [0.25, 0.3) is 0 Å². The number of nitrogen functional groups attached to an aromatic ring is 1. The summed E-state index contributed by atoms with van der Waals surface area (Å²) in [4.78, 5) is 4.11. The predicted octanol–water partition coefficient (Wildman–Crippen LogP) is 2.17. The highest BCUT2D eigenvalue weighted by molar-refractivity contribution is 5.93. The van der Waals surface area contributed by atoms with Gasteiger partial charge in [-0.3, -0.25) is 5.41 Å². The lowest BCUT2D eigenvalue weighted by Gasteiger charge is -2.06. The minimum atomic E-state index is -0.0878. The molecule has 92 valence electrons. The molecule has 0 bridgehead atoms. The molecule has 0 unspecified atom stereocenters. The molecule has 2 aromatic rings. The van der Waals surface area contributed by atoms with E-state index in [9.17, 15) is 0 Å². The number of nitrogens with two attached hydrogens (primary N) is 1. The number of benzene rings is 1. The second-order valence-electron chi connectivity index (χ2n) is 3.55. The van der Waals surface area contributed by atoms with Gasteiger partial charge < -0.3 is 15.2 Å². The molecule has 0 amide bonds. The molecule has 0 aliphatic heterocycles. The van der Waals surface area contributed by atoms with Crippen molar-refractivity contribution in [3.63, 3.8) is 0 Å². The van der Waals surface area contributed by atoms with Crippen molar-refractivity contribution in [2.24, 2.45) is 5.73 Å². The van der Waals surface area contributed by atoms with E-state index in [1.807, 2.05) is 0 Å². The Morgan fingerprint density at radius 3 is 2.39 bits per heavy atom. The van der Waals surface area contributed by atoms with Gasteiger partial charge in [-0.15, -0.1) is 0 Å². The Kier molecular flexibility index (Phi) is 3.43. The zero-order chi connectivity index (χ0) is 13.0. The molecule has 3 N–H and O–H groups in total. The summed E-state index contributed by atoms with van der Waals surface area (Å²) in [7, 11) is 1.60. The Morgan fingerprint density at radius 2 is 1.78 bits per heavy atom. The Balaban J connectivity index is 2.17.